The lowest BCUT2D eigenvalue weighted by Crippen LogP contribution is -2.48. The van der Waals surface area contributed by atoms with Gasteiger partial charge in [-0.05, 0) is 37.9 Å². The standard InChI is InChI=1S/C21H26N2O3/c1-14-18-12-23(10-8-17(18)19(13-26-14)21(24)25-2)9-7-15-11-22-20-6-4-3-5-16(15)20/h3-6,11,13-14,17-18,22H,7-10,12H2,1-2H3/t14?,17-,18?/m0/s1. The summed E-state index contributed by atoms with van der Waals surface area (Å²) in [7, 11) is 1.44. The molecule has 0 amide bonds. The van der Waals surface area contributed by atoms with Crippen LogP contribution in [0.3, 0.4) is 0 Å². The summed E-state index contributed by atoms with van der Waals surface area (Å²) >= 11 is 0. The number of hydrogen-bond donors (Lipinski definition) is 1. The Labute approximate surface area is 154 Å². The van der Waals surface area contributed by atoms with E-state index in [2.05, 4.69) is 47.3 Å². The van der Waals surface area contributed by atoms with Crippen molar-refractivity contribution in [1.82, 2.24) is 9.88 Å². The molecule has 5 nitrogen and oxygen atoms in total. The number of H-pyrrole nitrogens is 1. The number of piperidine rings is 1. The molecule has 2 aliphatic heterocycles. The molecule has 0 radical (unpaired) electrons. The molecule has 26 heavy (non-hydrogen) atoms. The minimum Gasteiger partial charge on any atom is -0.497 e. The van der Waals surface area contributed by atoms with Crippen molar-refractivity contribution in [2.75, 3.05) is 26.7 Å². The SMILES string of the molecule is COC(=O)C1=COC(C)C2CN(CCc3c[nH]c4ccccc34)CC[C@H]12. The second-order valence-electron chi connectivity index (χ2n) is 7.38. The highest BCUT2D eigenvalue weighted by molar-refractivity contribution is 5.89. The van der Waals surface area contributed by atoms with Crippen molar-refractivity contribution in [3.05, 3.63) is 47.9 Å². The minimum absolute atomic E-state index is 0.129. The summed E-state index contributed by atoms with van der Waals surface area (Å²) in [6.07, 6.45) is 5.88. The number of aromatic nitrogens is 1. The number of methoxy groups -OCH3 is 1. The monoisotopic (exact) mass is 354 g/mol. The third-order valence-electron chi connectivity index (χ3n) is 5.95. The molecule has 4 rings (SSSR count). The molecule has 2 unspecified atom stereocenters. The summed E-state index contributed by atoms with van der Waals surface area (Å²) in [6.45, 7) is 5.09. The molecule has 2 aromatic rings. The Morgan fingerprint density at radius 1 is 1.38 bits per heavy atom. The van der Waals surface area contributed by atoms with Crippen molar-refractivity contribution in [2.45, 2.75) is 25.9 Å². The summed E-state index contributed by atoms with van der Waals surface area (Å²) in [5.74, 6) is 0.334. The van der Waals surface area contributed by atoms with E-state index in [4.69, 9.17) is 9.47 Å². The largest absolute Gasteiger partial charge is 0.497 e. The van der Waals surface area contributed by atoms with E-state index in [0.29, 0.717) is 11.5 Å². The zero-order valence-electron chi connectivity index (χ0n) is 15.4. The van der Waals surface area contributed by atoms with Crippen molar-refractivity contribution in [1.29, 1.82) is 0 Å². The number of hydrogen-bond acceptors (Lipinski definition) is 4. The number of benzene rings is 1. The van der Waals surface area contributed by atoms with Crippen molar-refractivity contribution < 1.29 is 14.3 Å². The van der Waals surface area contributed by atoms with E-state index in [9.17, 15) is 4.79 Å². The summed E-state index contributed by atoms with van der Waals surface area (Å²) < 4.78 is 10.7. The van der Waals surface area contributed by atoms with E-state index in [-0.39, 0.29) is 18.0 Å². The van der Waals surface area contributed by atoms with Crippen LogP contribution in [0.15, 0.2) is 42.3 Å². The van der Waals surface area contributed by atoms with E-state index in [1.54, 1.807) is 6.26 Å². The highest BCUT2D eigenvalue weighted by atomic mass is 16.5. The number of para-hydroxylation sites is 1. The molecule has 1 aromatic heterocycles. The number of esters is 1. The summed E-state index contributed by atoms with van der Waals surface area (Å²) in [5, 5.41) is 1.31. The van der Waals surface area contributed by atoms with E-state index in [0.717, 1.165) is 32.5 Å². The molecule has 5 heteroatoms. The third-order valence-corrected chi connectivity index (χ3v) is 5.95. The molecular formula is C21H26N2O3. The molecule has 0 bridgehead atoms. The van der Waals surface area contributed by atoms with Crippen LogP contribution in [0.4, 0.5) is 0 Å². The van der Waals surface area contributed by atoms with Crippen molar-refractivity contribution in [3.63, 3.8) is 0 Å². The van der Waals surface area contributed by atoms with Crippen molar-refractivity contribution in [3.8, 4) is 0 Å². The van der Waals surface area contributed by atoms with Crippen LogP contribution >= 0.6 is 0 Å². The number of carbonyl (C=O) groups excluding carboxylic acids is 1. The molecule has 138 valence electrons. The molecule has 1 fully saturated rings. The van der Waals surface area contributed by atoms with Crippen LogP contribution in [0.2, 0.25) is 0 Å². The molecule has 3 atom stereocenters. The molecule has 1 aromatic carbocycles. The maximum Gasteiger partial charge on any atom is 0.337 e. The Morgan fingerprint density at radius 2 is 2.23 bits per heavy atom. The quantitative estimate of drug-likeness (QED) is 0.857. The fraction of sp³-hybridized carbons (Fsp3) is 0.476. The van der Waals surface area contributed by atoms with E-state index < -0.39 is 0 Å². The number of ether oxygens (including phenoxy) is 2. The van der Waals surface area contributed by atoms with Gasteiger partial charge in [0.1, 0.15) is 0 Å². The number of nitrogens with one attached hydrogen (secondary N) is 1. The van der Waals surface area contributed by atoms with Gasteiger partial charge in [0, 0.05) is 42.0 Å². The average molecular weight is 354 g/mol. The first kappa shape index (κ1) is 17.2. The van der Waals surface area contributed by atoms with E-state index >= 15 is 0 Å². The van der Waals surface area contributed by atoms with Crippen LogP contribution < -0.4 is 0 Å². The number of rotatable bonds is 4. The second-order valence-corrected chi connectivity index (χ2v) is 7.38. The molecule has 3 heterocycles. The average Bonchev–Trinajstić information content (AvgIpc) is 3.09. The number of fused-ring (bicyclic) bond motifs is 2. The van der Waals surface area contributed by atoms with Crippen LogP contribution in [-0.2, 0) is 20.7 Å². The molecule has 0 spiro atoms. The Hall–Kier alpha value is -2.27. The Bertz CT molecular complexity index is 826. The number of nitrogens with zero attached hydrogens (tertiary/aromatic N) is 1. The van der Waals surface area contributed by atoms with E-state index in [1.807, 2.05) is 0 Å². The number of carbonyl (C=O) groups is 1. The van der Waals surface area contributed by atoms with Gasteiger partial charge in [-0.2, -0.15) is 0 Å². The van der Waals surface area contributed by atoms with Crippen LogP contribution in [0.5, 0.6) is 0 Å². The Balaban J connectivity index is 1.42. The van der Waals surface area contributed by atoms with Crippen LogP contribution in [0, 0.1) is 11.8 Å². The first-order valence-electron chi connectivity index (χ1n) is 9.38. The lowest BCUT2D eigenvalue weighted by atomic mass is 9.76. The van der Waals surface area contributed by atoms with Gasteiger partial charge in [0.25, 0.3) is 0 Å². The number of likely N-dealkylation sites (tertiary alicyclic amines) is 1. The van der Waals surface area contributed by atoms with Gasteiger partial charge in [-0.25, -0.2) is 4.79 Å². The third kappa shape index (κ3) is 3.12. The molecule has 1 saturated heterocycles. The molecular weight excluding hydrogens is 328 g/mol. The topological polar surface area (TPSA) is 54.6 Å². The second kappa shape index (κ2) is 7.16. The molecule has 0 saturated carbocycles. The predicted octanol–water partition coefficient (Wildman–Crippen LogP) is 3.12. The predicted molar refractivity (Wildman–Crippen MR) is 101 cm³/mol. The molecule has 1 N–H and O–H groups in total. The number of aromatic amines is 1. The lowest BCUT2D eigenvalue weighted by Gasteiger charge is -2.43. The van der Waals surface area contributed by atoms with Crippen molar-refractivity contribution >= 4 is 16.9 Å². The highest BCUT2D eigenvalue weighted by Gasteiger charge is 2.41. The first-order chi connectivity index (χ1) is 12.7. The summed E-state index contributed by atoms with van der Waals surface area (Å²) in [4.78, 5) is 17.9. The zero-order valence-corrected chi connectivity index (χ0v) is 15.4. The smallest absolute Gasteiger partial charge is 0.337 e. The normalized spacial score (nSPS) is 26.1. The maximum atomic E-state index is 12.0. The highest BCUT2D eigenvalue weighted by Crippen LogP contribution is 2.37. The van der Waals surface area contributed by atoms with Gasteiger partial charge in [-0.3, -0.25) is 0 Å². The maximum absolute atomic E-state index is 12.0. The van der Waals surface area contributed by atoms with Gasteiger partial charge in [-0.15, -0.1) is 0 Å². The first-order valence-corrected chi connectivity index (χ1v) is 9.38. The van der Waals surface area contributed by atoms with Crippen LogP contribution in [0.25, 0.3) is 10.9 Å². The van der Waals surface area contributed by atoms with Crippen LogP contribution in [0.1, 0.15) is 18.9 Å². The van der Waals surface area contributed by atoms with Crippen molar-refractivity contribution in [2.24, 2.45) is 11.8 Å². The summed E-state index contributed by atoms with van der Waals surface area (Å²) in [5.41, 5.74) is 3.26. The van der Waals surface area contributed by atoms with E-state index in [1.165, 1.54) is 23.6 Å². The van der Waals surface area contributed by atoms with Gasteiger partial charge in [0.15, 0.2) is 0 Å². The lowest BCUT2D eigenvalue weighted by molar-refractivity contribution is -0.138. The Kier molecular flexibility index (Phi) is 4.72. The fourth-order valence-corrected chi connectivity index (χ4v) is 4.42. The minimum atomic E-state index is -0.251. The van der Waals surface area contributed by atoms with Gasteiger partial charge in [-0.1, -0.05) is 18.2 Å². The van der Waals surface area contributed by atoms with Gasteiger partial charge in [0.05, 0.1) is 25.0 Å². The Morgan fingerprint density at radius 3 is 3.08 bits per heavy atom. The zero-order chi connectivity index (χ0) is 18.1. The van der Waals surface area contributed by atoms with Gasteiger partial charge >= 0.3 is 5.97 Å². The van der Waals surface area contributed by atoms with Gasteiger partial charge < -0.3 is 19.4 Å². The fourth-order valence-electron chi connectivity index (χ4n) is 4.42. The summed E-state index contributed by atoms with van der Waals surface area (Å²) in [6, 6.07) is 8.45. The van der Waals surface area contributed by atoms with Crippen LogP contribution in [-0.4, -0.2) is 48.7 Å². The molecule has 0 aliphatic carbocycles. The molecule has 2 aliphatic rings. The van der Waals surface area contributed by atoms with Gasteiger partial charge in [0.2, 0.25) is 0 Å².